The molecule has 0 saturated heterocycles. The van der Waals surface area contributed by atoms with Crippen LogP contribution in [-0.2, 0) is 21.4 Å². The zero-order valence-corrected chi connectivity index (χ0v) is 21.1. The van der Waals surface area contributed by atoms with E-state index in [4.69, 9.17) is 4.74 Å². The fraction of sp³-hybridized carbons (Fsp3) is 0.296. The van der Waals surface area contributed by atoms with Gasteiger partial charge in [0.2, 0.25) is 15.9 Å². The van der Waals surface area contributed by atoms with Gasteiger partial charge >= 0.3 is 0 Å². The van der Waals surface area contributed by atoms with E-state index >= 15 is 0 Å². The lowest BCUT2D eigenvalue weighted by atomic mass is 9.96. The fourth-order valence-electron chi connectivity index (χ4n) is 3.79. The normalized spacial score (nSPS) is 12.1. The van der Waals surface area contributed by atoms with E-state index in [0.29, 0.717) is 18.0 Å². The van der Waals surface area contributed by atoms with Crippen LogP contribution in [0.25, 0.3) is 0 Å². The zero-order chi connectivity index (χ0) is 24.9. The summed E-state index contributed by atoms with van der Waals surface area (Å²) >= 11 is 0. The van der Waals surface area contributed by atoms with E-state index in [1.54, 1.807) is 24.3 Å². The van der Waals surface area contributed by atoms with Crippen molar-refractivity contribution in [3.63, 3.8) is 0 Å². The van der Waals surface area contributed by atoms with E-state index in [0.717, 1.165) is 32.8 Å². The Kier molecular flexibility index (Phi) is 7.99. The Labute approximate surface area is 202 Å². The van der Waals surface area contributed by atoms with Crippen LogP contribution in [0.4, 0.5) is 5.69 Å². The molecule has 0 fully saturated rings. The van der Waals surface area contributed by atoms with E-state index in [-0.39, 0.29) is 18.5 Å². The second kappa shape index (κ2) is 10.7. The summed E-state index contributed by atoms with van der Waals surface area (Å²) in [7, 11) is -3.67. The van der Waals surface area contributed by atoms with Gasteiger partial charge in [0.15, 0.2) is 0 Å². The van der Waals surface area contributed by atoms with Crippen LogP contribution < -0.4 is 14.4 Å². The third kappa shape index (κ3) is 6.60. The average molecular weight is 481 g/mol. The van der Waals surface area contributed by atoms with Crippen molar-refractivity contribution in [1.82, 2.24) is 5.32 Å². The molecule has 6 nitrogen and oxygen atoms in total. The Morgan fingerprint density at radius 1 is 0.941 bits per heavy atom. The number of amides is 1. The van der Waals surface area contributed by atoms with Gasteiger partial charge in [-0.1, -0.05) is 42.5 Å². The summed E-state index contributed by atoms with van der Waals surface area (Å²) in [6, 6.07) is 20.4. The molecule has 7 heteroatoms. The number of carbonyl (C=O) groups is 1. The van der Waals surface area contributed by atoms with Gasteiger partial charge in [-0.05, 0) is 79.8 Å². The molecule has 1 N–H and O–H groups in total. The van der Waals surface area contributed by atoms with E-state index < -0.39 is 10.0 Å². The van der Waals surface area contributed by atoms with Crippen molar-refractivity contribution in [3.8, 4) is 5.75 Å². The summed E-state index contributed by atoms with van der Waals surface area (Å²) in [6.45, 7) is 8.10. The first-order chi connectivity index (χ1) is 16.0. The Hall–Kier alpha value is -3.32. The highest BCUT2D eigenvalue weighted by molar-refractivity contribution is 7.92. The van der Waals surface area contributed by atoms with Crippen molar-refractivity contribution < 1.29 is 17.9 Å². The predicted octanol–water partition coefficient (Wildman–Crippen LogP) is 4.83. The molecular formula is C27H32N2O4S. The number of nitrogens with zero attached hydrogens (tertiary/aromatic N) is 1. The molecule has 0 unspecified atom stereocenters. The molecule has 34 heavy (non-hydrogen) atoms. The van der Waals surface area contributed by atoms with Gasteiger partial charge in [0.25, 0.3) is 0 Å². The van der Waals surface area contributed by atoms with Gasteiger partial charge in [0, 0.05) is 0 Å². The largest absolute Gasteiger partial charge is 0.489 e. The molecule has 0 aliphatic heterocycles. The molecule has 1 amide bonds. The van der Waals surface area contributed by atoms with Gasteiger partial charge in [-0.15, -0.1) is 0 Å². The molecule has 0 spiro atoms. The number of nitrogens with one attached hydrogen (secondary N) is 1. The minimum Gasteiger partial charge on any atom is -0.489 e. The van der Waals surface area contributed by atoms with Crippen molar-refractivity contribution in [3.05, 3.63) is 94.5 Å². The lowest BCUT2D eigenvalue weighted by Crippen LogP contribution is -2.41. The van der Waals surface area contributed by atoms with E-state index in [9.17, 15) is 13.2 Å². The minimum absolute atomic E-state index is 0.248. The Bertz CT molecular complexity index is 1240. The van der Waals surface area contributed by atoms with Crippen LogP contribution >= 0.6 is 0 Å². The van der Waals surface area contributed by atoms with Crippen molar-refractivity contribution in [2.45, 2.75) is 40.3 Å². The summed E-state index contributed by atoms with van der Waals surface area (Å²) in [5.74, 6) is 0.240. The predicted molar refractivity (Wildman–Crippen MR) is 137 cm³/mol. The summed E-state index contributed by atoms with van der Waals surface area (Å²) < 4.78 is 31.8. The van der Waals surface area contributed by atoms with Crippen LogP contribution in [0, 0.1) is 20.8 Å². The van der Waals surface area contributed by atoms with Crippen molar-refractivity contribution in [2.24, 2.45) is 0 Å². The number of hydrogen-bond acceptors (Lipinski definition) is 4. The number of carbonyl (C=O) groups excluding carboxylic acids is 1. The third-order valence-corrected chi connectivity index (χ3v) is 6.93. The van der Waals surface area contributed by atoms with E-state index in [1.807, 2.05) is 51.1 Å². The van der Waals surface area contributed by atoms with Crippen molar-refractivity contribution in [2.75, 3.05) is 17.1 Å². The number of hydrogen-bond donors (Lipinski definition) is 1. The van der Waals surface area contributed by atoms with Crippen LogP contribution in [0.3, 0.4) is 0 Å². The quantitative estimate of drug-likeness (QED) is 0.476. The molecule has 3 rings (SSSR count). The molecule has 0 aliphatic carbocycles. The lowest BCUT2D eigenvalue weighted by Gasteiger charge is -2.24. The second-order valence-corrected chi connectivity index (χ2v) is 10.5. The maximum Gasteiger partial charge on any atom is 0.241 e. The molecule has 0 aromatic heterocycles. The Balaban J connectivity index is 1.69. The summed E-state index contributed by atoms with van der Waals surface area (Å²) in [5, 5.41) is 2.94. The number of benzene rings is 3. The van der Waals surface area contributed by atoms with Crippen LogP contribution in [-0.4, -0.2) is 27.1 Å². The van der Waals surface area contributed by atoms with Crippen LogP contribution in [0.2, 0.25) is 0 Å². The number of sulfonamides is 1. The van der Waals surface area contributed by atoms with E-state index in [2.05, 4.69) is 24.4 Å². The molecule has 1 atom stereocenters. The van der Waals surface area contributed by atoms with Crippen molar-refractivity contribution in [1.29, 1.82) is 0 Å². The first kappa shape index (κ1) is 25.3. The maximum atomic E-state index is 12.8. The van der Waals surface area contributed by atoms with Gasteiger partial charge in [0.1, 0.15) is 18.9 Å². The van der Waals surface area contributed by atoms with Gasteiger partial charge < -0.3 is 10.1 Å². The number of ether oxygens (including phenoxy) is 1. The van der Waals surface area contributed by atoms with Crippen LogP contribution in [0.15, 0.2) is 66.7 Å². The topological polar surface area (TPSA) is 75.7 Å². The maximum absolute atomic E-state index is 12.8. The molecule has 3 aromatic rings. The highest BCUT2D eigenvalue weighted by Gasteiger charge is 2.22. The monoisotopic (exact) mass is 480 g/mol. The lowest BCUT2D eigenvalue weighted by molar-refractivity contribution is -0.120. The van der Waals surface area contributed by atoms with Gasteiger partial charge in [-0.2, -0.15) is 0 Å². The third-order valence-electron chi connectivity index (χ3n) is 5.79. The van der Waals surface area contributed by atoms with Gasteiger partial charge in [-0.25, -0.2) is 8.42 Å². The first-order valence-corrected chi connectivity index (χ1v) is 13.0. The Morgan fingerprint density at radius 2 is 1.56 bits per heavy atom. The first-order valence-electron chi connectivity index (χ1n) is 11.2. The van der Waals surface area contributed by atoms with Crippen LogP contribution in [0.5, 0.6) is 5.75 Å². The standard InChI is InChI=1S/C27H32N2O4S/c1-19-15-21(3)26(16-20(19)2)22(4)28-27(30)17-29(34(5,31)32)24-11-13-25(14-12-24)33-18-23-9-7-6-8-10-23/h6-16,22H,17-18H2,1-5H3,(H,28,30)/t22-/m1/s1. The molecule has 0 heterocycles. The molecule has 0 saturated carbocycles. The summed E-state index contributed by atoms with van der Waals surface area (Å²) in [4.78, 5) is 12.8. The van der Waals surface area contributed by atoms with Crippen LogP contribution in [0.1, 0.15) is 40.8 Å². The SMILES string of the molecule is Cc1cc(C)c([C@@H](C)NC(=O)CN(c2ccc(OCc3ccccc3)cc2)S(C)(=O)=O)cc1C. The summed E-state index contributed by atoms with van der Waals surface area (Å²) in [6.07, 6.45) is 1.09. The van der Waals surface area contributed by atoms with Gasteiger partial charge in [0.05, 0.1) is 18.0 Å². The smallest absolute Gasteiger partial charge is 0.241 e. The minimum atomic E-state index is -3.67. The second-order valence-electron chi connectivity index (χ2n) is 8.62. The van der Waals surface area contributed by atoms with E-state index in [1.165, 1.54) is 5.56 Å². The number of rotatable bonds is 9. The highest BCUT2D eigenvalue weighted by Crippen LogP contribution is 2.24. The molecule has 180 valence electrons. The molecule has 0 bridgehead atoms. The molecule has 0 radical (unpaired) electrons. The average Bonchev–Trinajstić information content (AvgIpc) is 2.79. The number of anilines is 1. The Morgan fingerprint density at radius 3 is 2.18 bits per heavy atom. The highest BCUT2D eigenvalue weighted by atomic mass is 32.2. The fourth-order valence-corrected chi connectivity index (χ4v) is 4.65. The molecule has 3 aromatic carbocycles. The summed E-state index contributed by atoms with van der Waals surface area (Å²) in [5.41, 5.74) is 5.88. The number of aryl methyl sites for hydroxylation is 3. The molecule has 0 aliphatic rings. The van der Waals surface area contributed by atoms with Crippen molar-refractivity contribution >= 4 is 21.6 Å². The van der Waals surface area contributed by atoms with Gasteiger partial charge in [-0.3, -0.25) is 9.10 Å². The molecular weight excluding hydrogens is 448 g/mol. The zero-order valence-electron chi connectivity index (χ0n) is 20.3.